The van der Waals surface area contributed by atoms with Crippen LogP contribution in [0.15, 0.2) is 48.5 Å². The van der Waals surface area contributed by atoms with E-state index in [1.54, 1.807) is 36.4 Å². The first-order chi connectivity index (χ1) is 12.5. The number of anilines is 1. The Morgan fingerprint density at radius 2 is 1.77 bits per heavy atom. The van der Waals surface area contributed by atoms with Crippen LogP contribution < -0.4 is 14.8 Å². The Hall–Kier alpha value is -3.02. The van der Waals surface area contributed by atoms with Crippen LogP contribution in [0.3, 0.4) is 0 Å². The number of methoxy groups -OCH3 is 1. The Bertz CT molecular complexity index is 742. The molecule has 6 heteroatoms. The van der Waals surface area contributed by atoms with Gasteiger partial charge < -0.3 is 19.5 Å². The molecule has 0 spiro atoms. The van der Waals surface area contributed by atoms with Crippen molar-refractivity contribution in [3.8, 4) is 11.5 Å². The van der Waals surface area contributed by atoms with Gasteiger partial charge in [0.2, 0.25) is 0 Å². The molecule has 2 aromatic carbocycles. The fourth-order valence-electron chi connectivity index (χ4n) is 2.23. The lowest BCUT2D eigenvalue weighted by Crippen LogP contribution is -2.31. The average molecular weight is 357 g/mol. The summed E-state index contributed by atoms with van der Waals surface area (Å²) in [5.41, 5.74) is 1.69. The summed E-state index contributed by atoms with van der Waals surface area (Å²) in [5, 5.41) is 2.67. The van der Waals surface area contributed by atoms with Crippen molar-refractivity contribution in [3.05, 3.63) is 54.1 Å². The highest BCUT2D eigenvalue weighted by Crippen LogP contribution is 2.23. The number of amides is 1. The smallest absolute Gasteiger partial charge is 0.344 e. The molecule has 0 aromatic heterocycles. The zero-order valence-electron chi connectivity index (χ0n) is 15.2. The van der Waals surface area contributed by atoms with E-state index in [2.05, 4.69) is 12.2 Å². The van der Waals surface area contributed by atoms with Crippen LogP contribution in [0.2, 0.25) is 0 Å². The molecule has 1 atom stereocenters. The molecule has 0 aliphatic carbocycles. The molecular weight excluding hydrogens is 334 g/mol. The molecule has 26 heavy (non-hydrogen) atoms. The van der Waals surface area contributed by atoms with Gasteiger partial charge in [0.05, 0.1) is 12.8 Å². The molecule has 0 radical (unpaired) electrons. The highest BCUT2D eigenvalue weighted by Gasteiger charge is 2.19. The number of hydrogen-bond donors (Lipinski definition) is 1. The van der Waals surface area contributed by atoms with Crippen molar-refractivity contribution < 1.29 is 23.8 Å². The molecule has 0 aliphatic heterocycles. The second-order valence-corrected chi connectivity index (χ2v) is 5.61. The largest absolute Gasteiger partial charge is 0.495 e. The number of rotatable bonds is 8. The van der Waals surface area contributed by atoms with Gasteiger partial charge in [-0.1, -0.05) is 31.2 Å². The van der Waals surface area contributed by atoms with Gasteiger partial charge in [0.15, 0.2) is 12.7 Å². The molecule has 0 aliphatic rings. The van der Waals surface area contributed by atoms with Gasteiger partial charge in [-0.15, -0.1) is 0 Å². The Morgan fingerprint density at radius 3 is 2.42 bits per heavy atom. The fraction of sp³-hybridized carbons (Fsp3) is 0.300. The van der Waals surface area contributed by atoms with Gasteiger partial charge in [0, 0.05) is 0 Å². The quantitative estimate of drug-likeness (QED) is 0.735. The number of ether oxygens (including phenoxy) is 3. The fourth-order valence-corrected chi connectivity index (χ4v) is 2.23. The monoisotopic (exact) mass is 357 g/mol. The topological polar surface area (TPSA) is 73.9 Å². The Kier molecular flexibility index (Phi) is 7.02. The number of nitrogens with one attached hydrogen (secondary N) is 1. The number of carbonyl (C=O) groups is 2. The van der Waals surface area contributed by atoms with Crippen LogP contribution in [0, 0.1) is 0 Å². The van der Waals surface area contributed by atoms with E-state index in [0.29, 0.717) is 17.2 Å². The minimum atomic E-state index is -0.960. The van der Waals surface area contributed by atoms with Crippen LogP contribution in [0.25, 0.3) is 0 Å². The number of esters is 1. The standard InChI is InChI=1S/C20H23NO5/c1-4-15-9-11-16(12-10-15)25-13-19(22)26-14(2)20(23)21-17-7-5-6-8-18(17)24-3/h5-12,14H,4,13H2,1-3H3,(H,21,23)/t14-/m1/s1. The predicted molar refractivity (Wildman–Crippen MR) is 98.5 cm³/mol. The van der Waals surface area contributed by atoms with Crippen molar-refractivity contribution in [2.24, 2.45) is 0 Å². The van der Waals surface area contributed by atoms with E-state index in [9.17, 15) is 9.59 Å². The van der Waals surface area contributed by atoms with Gasteiger partial charge in [-0.25, -0.2) is 4.79 Å². The van der Waals surface area contributed by atoms with Gasteiger partial charge >= 0.3 is 5.97 Å². The highest BCUT2D eigenvalue weighted by molar-refractivity contribution is 5.96. The van der Waals surface area contributed by atoms with E-state index in [4.69, 9.17) is 14.2 Å². The highest BCUT2D eigenvalue weighted by atomic mass is 16.6. The van der Waals surface area contributed by atoms with Crippen molar-refractivity contribution in [1.29, 1.82) is 0 Å². The van der Waals surface area contributed by atoms with Crippen LogP contribution in [-0.4, -0.2) is 31.7 Å². The van der Waals surface area contributed by atoms with Crippen molar-refractivity contribution in [2.75, 3.05) is 19.0 Å². The third kappa shape index (κ3) is 5.51. The molecule has 0 bridgehead atoms. The lowest BCUT2D eigenvalue weighted by atomic mass is 10.2. The lowest BCUT2D eigenvalue weighted by molar-refractivity contribution is -0.155. The van der Waals surface area contributed by atoms with E-state index in [-0.39, 0.29) is 6.61 Å². The maximum atomic E-state index is 12.2. The Morgan fingerprint density at radius 1 is 1.08 bits per heavy atom. The van der Waals surface area contributed by atoms with Crippen LogP contribution >= 0.6 is 0 Å². The van der Waals surface area contributed by atoms with E-state index in [0.717, 1.165) is 6.42 Å². The SMILES string of the molecule is CCc1ccc(OCC(=O)O[C@H](C)C(=O)Nc2ccccc2OC)cc1. The van der Waals surface area contributed by atoms with E-state index < -0.39 is 18.0 Å². The molecule has 1 N–H and O–H groups in total. The second kappa shape index (κ2) is 9.46. The molecule has 2 aromatic rings. The molecule has 0 unspecified atom stereocenters. The van der Waals surface area contributed by atoms with Gasteiger partial charge in [-0.3, -0.25) is 4.79 Å². The number of benzene rings is 2. The molecule has 0 saturated carbocycles. The second-order valence-electron chi connectivity index (χ2n) is 5.61. The maximum absolute atomic E-state index is 12.2. The van der Waals surface area contributed by atoms with Gasteiger partial charge in [0.1, 0.15) is 11.5 Å². The van der Waals surface area contributed by atoms with Gasteiger partial charge in [-0.2, -0.15) is 0 Å². The zero-order chi connectivity index (χ0) is 18.9. The van der Waals surface area contributed by atoms with Crippen molar-refractivity contribution >= 4 is 17.6 Å². The van der Waals surface area contributed by atoms with Crippen LogP contribution in [0.1, 0.15) is 19.4 Å². The van der Waals surface area contributed by atoms with Crippen molar-refractivity contribution in [1.82, 2.24) is 0 Å². The first-order valence-corrected chi connectivity index (χ1v) is 8.38. The minimum absolute atomic E-state index is 0.266. The molecule has 2 rings (SSSR count). The minimum Gasteiger partial charge on any atom is -0.495 e. The van der Waals surface area contributed by atoms with Crippen molar-refractivity contribution in [3.63, 3.8) is 0 Å². The summed E-state index contributed by atoms with van der Waals surface area (Å²) < 4.78 is 15.7. The van der Waals surface area contributed by atoms with Gasteiger partial charge in [0.25, 0.3) is 5.91 Å². The molecule has 6 nitrogen and oxygen atoms in total. The molecule has 138 valence electrons. The van der Waals surface area contributed by atoms with E-state index in [1.807, 2.05) is 12.1 Å². The Labute approximate surface area is 153 Å². The van der Waals surface area contributed by atoms with Crippen LogP contribution in [-0.2, 0) is 20.7 Å². The summed E-state index contributed by atoms with van der Waals surface area (Å²) in [6.07, 6.45) is -0.0280. The Balaban J connectivity index is 1.82. The third-order valence-corrected chi connectivity index (χ3v) is 3.73. The van der Waals surface area contributed by atoms with E-state index in [1.165, 1.54) is 19.6 Å². The third-order valence-electron chi connectivity index (χ3n) is 3.73. The summed E-state index contributed by atoms with van der Waals surface area (Å²) in [6.45, 7) is 3.29. The van der Waals surface area contributed by atoms with Crippen molar-refractivity contribution in [2.45, 2.75) is 26.4 Å². The normalized spacial score (nSPS) is 11.3. The number of hydrogen-bond acceptors (Lipinski definition) is 5. The molecule has 0 saturated heterocycles. The maximum Gasteiger partial charge on any atom is 0.344 e. The van der Waals surface area contributed by atoms with Gasteiger partial charge in [-0.05, 0) is 43.2 Å². The molecule has 0 heterocycles. The summed E-state index contributed by atoms with van der Waals surface area (Å²) in [5.74, 6) is 0.0332. The summed E-state index contributed by atoms with van der Waals surface area (Å²) in [4.78, 5) is 24.1. The first kappa shape index (κ1) is 19.3. The lowest BCUT2D eigenvalue weighted by Gasteiger charge is -2.15. The zero-order valence-corrected chi connectivity index (χ0v) is 15.2. The first-order valence-electron chi connectivity index (χ1n) is 8.38. The molecular formula is C20H23NO5. The van der Waals surface area contributed by atoms with E-state index >= 15 is 0 Å². The average Bonchev–Trinajstić information content (AvgIpc) is 2.67. The summed E-state index contributed by atoms with van der Waals surface area (Å²) in [6, 6.07) is 14.5. The van der Waals surface area contributed by atoms with Crippen LogP contribution in [0.4, 0.5) is 5.69 Å². The number of para-hydroxylation sites is 2. The number of aryl methyl sites for hydroxylation is 1. The molecule has 0 fully saturated rings. The number of carbonyl (C=O) groups excluding carboxylic acids is 2. The van der Waals surface area contributed by atoms with Crippen LogP contribution in [0.5, 0.6) is 11.5 Å². The molecule has 1 amide bonds. The summed E-state index contributed by atoms with van der Waals surface area (Å²) in [7, 11) is 1.51. The predicted octanol–water partition coefficient (Wildman–Crippen LogP) is 3.21. The summed E-state index contributed by atoms with van der Waals surface area (Å²) >= 11 is 0.